The van der Waals surface area contributed by atoms with Crippen LogP contribution in [0.1, 0.15) is 13.3 Å². The number of carbonyl (C=O) groups is 1. The highest BCUT2D eigenvalue weighted by Crippen LogP contribution is 2.26. The van der Waals surface area contributed by atoms with Crippen LogP contribution in [0.25, 0.3) is 0 Å². The fourth-order valence-corrected chi connectivity index (χ4v) is 2.00. The van der Waals surface area contributed by atoms with Crippen molar-refractivity contribution in [3.05, 3.63) is 29.3 Å². The smallest absolute Gasteiger partial charge is 0.316 e. The second kappa shape index (κ2) is 5.27. The van der Waals surface area contributed by atoms with Crippen molar-refractivity contribution in [1.82, 2.24) is 0 Å². The minimum Gasteiger partial charge on any atom is -0.480 e. The molecule has 1 N–H and O–H groups in total. The maximum Gasteiger partial charge on any atom is 0.316 e. The molecule has 14 heavy (non-hydrogen) atoms. The number of aliphatic carboxylic acids is 1. The van der Waals surface area contributed by atoms with Crippen molar-refractivity contribution in [1.29, 1.82) is 0 Å². The third-order valence-corrected chi connectivity index (χ3v) is 3.35. The molecule has 1 rings (SSSR count). The molecular formula is C10H11ClO2S. The first-order valence-corrected chi connectivity index (χ1v) is 5.54. The molecule has 0 aliphatic heterocycles. The molecule has 0 heterocycles. The first kappa shape index (κ1) is 11.4. The van der Waals surface area contributed by atoms with Gasteiger partial charge >= 0.3 is 5.97 Å². The minimum atomic E-state index is -0.771. The Kier molecular flexibility index (Phi) is 4.29. The van der Waals surface area contributed by atoms with Gasteiger partial charge < -0.3 is 5.11 Å². The van der Waals surface area contributed by atoms with Gasteiger partial charge in [0, 0.05) is 9.92 Å². The maximum absolute atomic E-state index is 10.8. The van der Waals surface area contributed by atoms with Crippen LogP contribution in [0.5, 0.6) is 0 Å². The molecule has 0 aliphatic carbocycles. The van der Waals surface area contributed by atoms with Crippen molar-refractivity contribution in [3.8, 4) is 0 Å². The highest BCUT2D eigenvalue weighted by Gasteiger charge is 2.15. The van der Waals surface area contributed by atoms with E-state index in [9.17, 15) is 4.79 Å². The van der Waals surface area contributed by atoms with E-state index in [4.69, 9.17) is 16.7 Å². The van der Waals surface area contributed by atoms with Gasteiger partial charge in [-0.15, -0.1) is 11.8 Å². The van der Waals surface area contributed by atoms with Gasteiger partial charge in [-0.2, -0.15) is 0 Å². The van der Waals surface area contributed by atoms with Gasteiger partial charge in [0.1, 0.15) is 5.25 Å². The predicted molar refractivity (Wildman–Crippen MR) is 59.0 cm³/mol. The fourth-order valence-electron chi connectivity index (χ4n) is 0.986. The molecule has 0 amide bonds. The average Bonchev–Trinajstić information content (AvgIpc) is 2.16. The SMILES string of the molecule is CCC(Sc1ccc(Cl)cc1)C(=O)O. The van der Waals surface area contributed by atoms with Crippen LogP contribution in [0.3, 0.4) is 0 Å². The summed E-state index contributed by atoms with van der Waals surface area (Å²) < 4.78 is 0. The van der Waals surface area contributed by atoms with Gasteiger partial charge in [-0.3, -0.25) is 4.79 Å². The van der Waals surface area contributed by atoms with E-state index in [0.717, 1.165) is 4.90 Å². The summed E-state index contributed by atoms with van der Waals surface area (Å²) in [6.45, 7) is 1.86. The lowest BCUT2D eigenvalue weighted by atomic mass is 10.3. The van der Waals surface area contributed by atoms with Crippen LogP contribution in [-0.4, -0.2) is 16.3 Å². The van der Waals surface area contributed by atoms with E-state index < -0.39 is 5.97 Å². The molecule has 2 nitrogen and oxygen atoms in total. The van der Waals surface area contributed by atoms with Crippen molar-refractivity contribution in [3.63, 3.8) is 0 Å². The van der Waals surface area contributed by atoms with Gasteiger partial charge in [0.2, 0.25) is 0 Å². The minimum absolute atomic E-state index is 0.379. The van der Waals surface area contributed by atoms with E-state index in [1.54, 1.807) is 12.1 Å². The van der Waals surface area contributed by atoms with Crippen molar-refractivity contribution in [2.45, 2.75) is 23.5 Å². The molecule has 1 atom stereocenters. The molecule has 0 spiro atoms. The van der Waals surface area contributed by atoms with Crippen LogP contribution in [0, 0.1) is 0 Å². The summed E-state index contributed by atoms with van der Waals surface area (Å²) in [7, 11) is 0. The number of thioether (sulfide) groups is 1. The second-order valence-corrected chi connectivity index (χ2v) is 4.52. The molecule has 0 fully saturated rings. The quantitative estimate of drug-likeness (QED) is 0.807. The van der Waals surface area contributed by atoms with Crippen molar-refractivity contribution in [2.75, 3.05) is 0 Å². The molecule has 0 radical (unpaired) electrons. The van der Waals surface area contributed by atoms with Gasteiger partial charge in [0.25, 0.3) is 0 Å². The summed E-state index contributed by atoms with van der Waals surface area (Å²) in [6.07, 6.45) is 0.614. The van der Waals surface area contributed by atoms with Crippen LogP contribution in [-0.2, 0) is 4.79 Å². The lowest BCUT2D eigenvalue weighted by Crippen LogP contribution is -2.14. The lowest BCUT2D eigenvalue weighted by molar-refractivity contribution is -0.136. The lowest BCUT2D eigenvalue weighted by Gasteiger charge is -2.08. The Morgan fingerprint density at radius 1 is 1.50 bits per heavy atom. The van der Waals surface area contributed by atoms with E-state index in [0.29, 0.717) is 11.4 Å². The van der Waals surface area contributed by atoms with Crippen molar-refractivity contribution >= 4 is 29.3 Å². The topological polar surface area (TPSA) is 37.3 Å². The molecule has 1 aromatic rings. The Morgan fingerprint density at radius 2 is 2.07 bits per heavy atom. The van der Waals surface area contributed by atoms with E-state index in [2.05, 4.69) is 0 Å². The van der Waals surface area contributed by atoms with E-state index in [1.807, 2.05) is 19.1 Å². The molecule has 0 aromatic heterocycles. The predicted octanol–water partition coefficient (Wildman–Crippen LogP) is 3.30. The highest BCUT2D eigenvalue weighted by molar-refractivity contribution is 8.00. The van der Waals surface area contributed by atoms with E-state index in [1.165, 1.54) is 11.8 Å². The number of benzene rings is 1. The summed E-state index contributed by atoms with van der Waals surface area (Å²) in [6, 6.07) is 7.19. The zero-order valence-corrected chi connectivity index (χ0v) is 9.31. The molecule has 0 aliphatic rings. The zero-order chi connectivity index (χ0) is 10.6. The molecule has 1 unspecified atom stereocenters. The van der Waals surface area contributed by atoms with Gasteiger partial charge in [0.15, 0.2) is 0 Å². The summed E-state index contributed by atoms with van der Waals surface area (Å²) in [5, 5.41) is 9.13. The number of halogens is 1. The van der Waals surface area contributed by atoms with Crippen molar-refractivity contribution < 1.29 is 9.90 Å². The van der Waals surface area contributed by atoms with E-state index in [-0.39, 0.29) is 5.25 Å². The van der Waals surface area contributed by atoms with E-state index >= 15 is 0 Å². The van der Waals surface area contributed by atoms with Gasteiger partial charge in [-0.05, 0) is 30.7 Å². The van der Waals surface area contributed by atoms with Crippen LogP contribution < -0.4 is 0 Å². The monoisotopic (exact) mass is 230 g/mol. The normalized spacial score (nSPS) is 12.4. The first-order valence-electron chi connectivity index (χ1n) is 4.28. The fraction of sp³-hybridized carbons (Fsp3) is 0.300. The third kappa shape index (κ3) is 3.24. The summed E-state index contributed by atoms with van der Waals surface area (Å²) in [5.41, 5.74) is 0. The van der Waals surface area contributed by atoms with Crippen LogP contribution >= 0.6 is 23.4 Å². The van der Waals surface area contributed by atoms with Gasteiger partial charge in [-0.25, -0.2) is 0 Å². The Labute approximate surface area is 92.3 Å². The standard InChI is InChI=1S/C10H11ClO2S/c1-2-9(10(12)13)14-8-5-3-7(11)4-6-8/h3-6,9H,2H2,1H3,(H,12,13). The Bertz CT molecular complexity index is 310. The number of hydrogen-bond donors (Lipinski definition) is 1. The Hall–Kier alpha value is -0.670. The second-order valence-electron chi connectivity index (χ2n) is 2.81. The van der Waals surface area contributed by atoms with Gasteiger partial charge in [0.05, 0.1) is 0 Å². The first-order chi connectivity index (χ1) is 6.63. The van der Waals surface area contributed by atoms with Crippen LogP contribution in [0.4, 0.5) is 0 Å². The summed E-state index contributed by atoms with van der Waals surface area (Å²) in [4.78, 5) is 11.7. The van der Waals surface area contributed by atoms with Crippen molar-refractivity contribution in [2.24, 2.45) is 0 Å². The van der Waals surface area contributed by atoms with Crippen LogP contribution in [0.15, 0.2) is 29.2 Å². The average molecular weight is 231 g/mol. The summed E-state index contributed by atoms with van der Waals surface area (Å²) >= 11 is 7.07. The molecule has 0 saturated heterocycles. The molecule has 0 bridgehead atoms. The number of hydrogen-bond acceptors (Lipinski definition) is 2. The highest BCUT2D eigenvalue weighted by atomic mass is 35.5. The Morgan fingerprint density at radius 3 is 2.50 bits per heavy atom. The number of carboxylic acids is 1. The number of rotatable bonds is 4. The molecule has 76 valence electrons. The molecular weight excluding hydrogens is 220 g/mol. The van der Waals surface area contributed by atoms with Crippen LogP contribution in [0.2, 0.25) is 5.02 Å². The molecule has 0 saturated carbocycles. The maximum atomic E-state index is 10.8. The zero-order valence-electron chi connectivity index (χ0n) is 7.74. The number of carboxylic acid groups (broad SMARTS) is 1. The van der Waals surface area contributed by atoms with Gasteiger partial charge in [-0.1, -0.05) is 18.5 Å². The summed E-state index contributed by atoms with van der Waals surface area (Å²) in [5.74, 6) is -0.771. The molecule has 1 aromatic carbocycles. The third-order valence-electron chi connectivity index (χ3n) is 1.74. The largest absolute Gasteiger partial charge is 0.480 e. The Balaban J connectivity index is 2.67. The molecule has 4 heteroatoms.